The summed E-state index contributed by atoms with van der Waals surface area (Å²) in [6.07, 6.45) is 0. The third-order valence-corrected chi connectivity index (χ3v) is 7.80. The van der Waals surface area contributed by atoms with Crippen LogP contribution in [0.25, 0.3) is 11.1 Å². The van der Waals surface area contributed by atoms with Crippen LogP contribution in [0.15, 0.2) is 156 Å². The highest BCUT2D eigenvalue weighted by Crippen LogP contribution is 2.38. The molecule has 0 heterocycles. The van der Waals surface area contributed by atoms with Crippen LogP contribution in [0.1, 0.15) is 11.1 Å². The first-order chi connectivity index (χ1) is 20.0. The van der Waals surface area contributed by atoms with Gasteiger partial charge in [0.1, 0.15) is 0 Å². The van der Waals surface area contributed by atoms with Gasteiger partial charge in [-0.05, 0) is 110 Å². The van der Waals surface area contributed by atoms with Gasteiger partial charge in [0.05, 0.1) is 0 Å². The summed E-state index contributed by atoms with van der Waals surface area (Å²) in [6.45, 7) is 4.24. The van der Waals surface area contributed by atoms with Crippen molar-refractivity contribution in [1.82, 2.24) is 0 Å². The van der Waals surface area contributed by atoms with Gasteiger partial charge in [0, 0.05) is 38.6 Å². The van der Waals surface area contributed by atoms with Gasteiger partial charge >= 0.3 is 0 Å². The maximum Gasteiger partial charge on any atom is 0.0462 e. The largest absolute Gasteiger partial charge is 0.311 e. The number of halogens is 1. The Morgan fingerprint density at radius 1 is 0.341 bits per heavy atom. The van der Waals surface area contributed by atoms with E-state index in [1.807, 2.05) is 0 Å². The highest BCUT2D eigenvalue weighted by molar-refractivity contribution is 9.10. The fourth-order valence-electron chi connectivity index (χ4n) is 5.06. The summed E-state index contributed by atoms with van der Waals surface area (Å²) in [5, 5.41) is 0. The lowest BCUT2D eigenvalue weighted by Crippen LogP contribution is -2.10. The van der Waals surface area contributed by atoms with Gasteiger partial charge in [0.2, 0.25) is 0 Å². The number of para-hydroxylation sites is 1. The molecular weight excluding hydrogens is 564 g/mol. The molecule has 41 heavy (non-hydrogen) atoms. The minimum Gasteiger partial charge on any atom is -0.311 e. The molecule has 0 unspecified atom stereocenters. The molecule has 0 radical (unpaired) electrons. The van der Waals surface area contributed by atoms with Gasteiger partial charge < -0.3 is 9.80 Å². The van der Waals surface area contributed by atoms with Gasteiger partial charge in [-0.3, -0.25) is 0 Å². The third kappa shape index (κ3) is 5.96. The normalized spacial score (nSPS) is 10.8. The van der Waals surface area contributed by atoms with Crippen molar-refractivity contribution in [2.45, 2.75) is 13.8 Å². The van der Waals surface area contributed by atoms with Gasteiger partial charge in [0.15, 0.2) is 0 Å². The average molecular weight is 596 g/mol. The van der Waals surface area contributed by atoms with Crippen LogP contribution in [0.4, 0.5) is 34.1 Å². The smallest absolute Gasteiger partial charge is 0.0462 e. The van der Waals surface area contributed by atoms with Crippen LogP contribution in [-0.2, 0) is 0 Å². The maximum atomic E-state index is 3.57. The van der Waals surface area contributed by atoms with E-state index in [1.54, 1.807) is 0 Å². The topological polar surface area (TPSA) is 6.48 Å². The molecule has 2 nitrogen and oxygen atoms in total. The average Bonchev–Trinajstić information content (AvgIpc) is 3.02. The highest BCUT2D eigenvalue weighted by Gasteiger charge is 2.14. The Bertz CT molecular complexity index is 1660. The molecule has 0 spiro atoms. The molecule has 0 aliphatic carbocycles. The van der Waals surface area contributed by atoms with E-state index in [0.29, 0.717) is 0 Å². The van der Waals surface area contributed by atoms with Crippen LogP contribution in [-0.4, -0.2) is 0 Å². The highest BCUT2D eigenvalue weighted by atomic mass is 79.9. The van der Waals surface area contributed by atoms with Crippen molar-refractivity contribution < 1.29 is 0 Å². The monoisotopic (exact) mass is 594 g/mol. The van der Waals surface area contributed by atoms with E-state index in [-0.39, 0.29) is 0 Å². The summed E-state index contributed by atoms with van der Waals surface area (Å²) in [6, 6.07) is 54.0. The Morgan fingerprint density at radius 2 is 0.634 bits per heavy atom. The van der Waals surface area contributed by atoms with Crippen molar-refractivity contribution in [2.24, 2.45) is 0 Å². The van der Waals surface area contributed by atoms with Gasteiger partial charge in [-0.15, -0.1) is 0 Å². The zero-order valence-electron chi connectivity index (χ0n) is 23.2. The van der Waals surface area contributed by atoms with Crippen molar-refractivity contribution in [2.75, 3.05) is 9.80 Å². The van der Waals surface area contributed by atoms with Crippen LogP contribution < -0.4 is 9.80 Å². The Kier molecular flexibility index (Phi) is 7.71. The first kappa shape index (κ1) is 26.6. The number of benzene rings is 6. The van der Waals surface area contributed by atoms with Crippen molar-refractivity contribution in [3.05, 3.63) is 167 Å². The zero-order valence-corrected chi connectivity index (χ0v) is 24.8. The summed E-state index contributed by atoms with van der Waals surface area (Å²) >= 11 is 3.57. The predicted molar refractivity (Wildman–Crippen MR) is 178 cm³/mol. The lowest BCUT2D eigenvalue weighted by Gasteiger charge is -2.26. The summed E-state index contributed by atoms with van der Waals surface area (Å²) in [5.74, 6) is 0. The molecule has 0 aliphatic rings. The minimum atomic E-state index is 1.07. The molecule has 6 aromatic rings. The molecule has 0 amide bonds. The Balaban J connectivity index is 1.31. The molecule has 0 aromatic heterocycles. The van der Waals surface area contributed by atoms with E-state index in [2.05, 4.69) is 191 Å². The van der Waals surface area contributed by atoms with Crippen LogP contribution in [0.3, 0.4) is 0 Å². The second kappa shape index (κ2) is 11.9. The molecule has 0 aliphatic heterocycles. The van der Waals surface area contributed by atoms with E-state index in [1.165, 1.54) is 22.3 Å². The molecule has 6 rings (SSSR count). The molecule has 0 fully saturated rings. The van der Waals surface area contributed by atoms with E-state index < -0.39 is 0 Å². The van der Waals surface area contributed by atoms with Gasteiger partial charge in [-0.1, -0.05) is 93.8 Å². The molecule has 0 N–H and O–H groups in total. The molecule has 200 valence electrons. The van der Waals surface area contributed by atoms with Crippen molar-refractivity contribution >= 4 is 50.1 Å². The summed E-state index contributed by atoms with van der Waals surface area (Å²) in [7, 11) is 0. The lowest BCUT2D eigenvalue weighted by atomic mass is 10.0. The second-order valence-electron chi connectivity index (χ2n) is 10.2. The second-order valence-corrected chi connectivity index (χ2v) is 11.2. The van der Waals surface area contributed by atoms with Crippen LogP contribution >= 0.6 is 15.9 Å². The van der Waals surface area contributed by atoms with E-state index in [9.17, 15) is 0 Å². The van der Waals surface area contributed by atoms with Gasteiger partial charge in [-0.25, -0.2) is 0 Å². The summed E-state index contributed by atoms with van der Waals surface area (Å²) in [4.78, 5) is 4.59. The lowest BCUT2D eigenvalue weighted by molar-refractivity contribution is 1.27. The molecule has 0 atom stereocenters. The molecular formula is C38H31BrN2. The van der Waals surface area contributed by atoms with E-state index >= 15 is 0 Å². The van der Waals surface area contributed by atoms with Gasteiger partial charge in [-0.2, -0.15) is 0 Å². The Morgan fingerprint density at radius 3 is 1.00 bits per heavy atom. The van der Waals surface area contributed by atoms with E-state index in [4.69, 9.17) is 0 Å². The first-order valence-corrected chi connectivity index (χ1v) is 14.6. The van der Waals surface area contributed by atoms with Crippen LogP contribution in [0.2, 0.25) is 0 Å². The van der Waals surface area contributed by atoms with Crippen molar-refractivity contribution in [1.29, 1.82) is 0 Å². The van der Waals surface area contributed by atoms with Crippen molar-refractivity contribution in [3.8, 4) is 11.1 Å². The molecule has 0 bridgehead atoms. The Labute approximate surface area is 251 Å². The first-order valence-electron chi connectivity index (χ1n) is 13.8. The molecule has 0 saturated carbocycles. The quantitative estimate of drug-likeness (QED) is 0.181. The standard InChI is InChI=1S/C38H31BrN2/c1-28-8-18-34(19-9-28)40(33-6-4-3-5-7-33)36-22-12-30(13-23-36)31-14-24-37(25-15-31)41(35-20-10-29(2)11-21-35)38-26-16-32(39)17-27-38/h3-27H,1-2H3. The number of aryl methyl sites for hydroxylation is 2. The minimum absolute atomic E-state index is 1.07. The summed E-state index contributed by atoms with van der Waals surface area (Å²) in [5.41, 5.74) is 11.6. The number of hydrogen-bond acceptors (Lipinski definition) is 2. The third-order valence-electron chi connectivity index (χ3n) is 7.27. The summed E-state index contributed by atoms with van der Waals surface area (Å²) < 4.78 is 1.07. The van der Waals surface area contributed by atoms with E-state index in [0.717, 1.165) is 38.6 Å². The molecule has 3 heteroatoms. The maximum absolute atomic E-state index is 3.57. The van der Waals surface area contributed by atoms with Crippen molar-refractivity contribution in [3.63, 3.8) is 0 Å². The van der Waals surface area contributed by atoms with Crippen LogP contribution in [0, 0.1) is 13.8 Å². The number of anilines is 6. The number of rotatable bonds is 7. The predicted octanol–water partition coefficient (Wildman–Crippen LogP) is 11.7. The number of hydrogen-bond donors (Lipinski definition) is 0. The van der Waals surface area contributed by atoms with Gasteiger partial charge in [0.25, 0.3) is 0 Å². The Hall–Kier alpha value is -4.60. The zero-order chi connectivity index (χ0) is 28.2. The van der Waals surface area contributed by atoms with Crippen LogP contribution in [0.5, 0.6) is 0 Å². The fraction of sp³-hybridized carbons (Fsp3) is 0.0526. The number of nitrogens with zero attached hydrogens (tertiary/aromatic N) is 2. The SMILES string of the molecule is Cc1ccc(N(c2ccccc2)c2ccc(-c3ccc(N(c4ccc(C)cc4)c4ccc(Br)cc4)cc3)cc2)cc1. The molecule has 6 aromatic carbocycles. The fourth-order valence-corrected chi connectivity index (χ4v) is 5.32. The molecule has 0 saturated heterocycles.